The van der Waals surface area contributed by atoms with Gasteiger partial charge in [0.2, 0.25) is 0 Å². The molecule has 0 bridgehead atoms. The summed E-state index contributed by atoms with van der Waals surface area (Å²) in [6.07, 6.45) is 0.664. The molecule has 16 heavy (non-hydrogen) atoms. The van der Waals surface area contributed by atoms with Crippen molar-refractivity contribution < 1.29 is 23.7 Å². The number of hydrogen-bond acceptors (Lipinski definition) is 5. The van der Waals surface area contributed by atoms with E-state index in [-0.39, 0.29) is 24.4 Å². The van der Waals surface area contributed by atoms with Crippen LogP contribution in [-0.4, -0.2) is 43.8 Å². The van der Waals surface area contributed by atoms with Crippen LogP contribution in [0.15, 0.2) is 0 Å². The van der Waals surface area contributed by atoms with Crippen LogP contribution in [0.2, 0.25) is 0 Å². The predicted octanol–water partition coefficient (Wildman–Crippen LogP) is 1.49. The van der Waals surface area contributed by atoms with Gasteiger partial charge in [0, 0.05) is 0 Å². The molecule has 0 aromatic carbocycles. The highest BCUT2D eigenvalue weighted by Crippen LogP contribution is 2.23. The first-order chi connectivity index (χ1) is 7.74. The Morgan fingerprint density at radius 2 is 1.50 bits per heavy atom. The third kappa shape index (κ3) is 3.09. The molecule has 4 atom stereocenters. The molecular formula is C11H18O5. The van der Waals surface area contributed by atoms with E-state index in [0.29, 0.717) is 13.2 Å². The molecule has 0 aliphatic carbocycles. The lowest BCUT2D eigenvalue weighted by Gasteiger charge is -2.17. The van der Waals surface area contributed by atoms with Crippen LogP contribution in [0.3, 0.4) is 0 Å². The highest BCUT2D eigenvalue weighted by Gasteiger charge is 2.38. The summed E-state index contributed by atoms with van der Waals surface area (Å²) in [6, 6.07) is 0. The maximum atomic E-state index is 11.5. The molecule has 0 N–H and O–H groups in total. The molecule has 5 nitrogen and oxygen atoms in total. The first-order valence-electron chi connectivity index (χ1n) is 5.85. The van der Waals surface area contributed by atoms with Gasteiger partial charge < -0.3 is 18.9 Å². The van der Waals surface area contributed by atoms with Crippen molar-refractivity contribution in [2.75, 3.05) is 13.2 Å². The predicted molar refractivity (Wildman–Crippen MR) is 55.2 cm³/mol. The summed E-state index contributed by atoms with van der Waals surface area (Å²) >= 11 is 0. The van der Waals surface area contributed by atoms with E-state index in [9.17, 15) is 4.79 Å². The topological polar surface area (TPSA) is 60.6 Å². The summed E-state index contributed by atoms with van der Waals surface area (Å²) in [6.45, 7) is 5.27. The minimum Gasteiger partial charge on any atom is -0.428 e. The molecule has 2 aliphatic heterocycles. The van der Waals surface area contributed by atoms with Crippen LogP contribution < -0.4 is 0 Å². The number of carbonyl (C=O) groups excluding carboxylic acids is 1. The second-order valence-corrected chi connectivity index (χ2v) is 4.12. The molecule has 2 heterocycles. The minimum absolute atomic E-state index is 0.0646. The van der Waals surface area contributed by atoms with Gasteiger partial charge in [0.05, 0.1) is 13.2 Å². The number of ether oxygens (including phenoxy) is 4. The summed E-state index contributed by atoms with van der Waals surface area (Å²) in [5, 5.41) is 0. The summed E-state index contributed by atoms with van der Waals surface area (Å²) in [5.74, 6) is 0. The number of carbonyl (C=O) groups is 1. The van der Waals surface area contributed by atoms with Gasteiger partial charge in [-0.25, -0.2) is 4.79 Å². The Labute approximate surface area is 95.0 Å². The largest absolute Gasteiger partial charge is 0.509 e. The van der Waals surface area contributed by atoms with Crippen LogP contribution in [0.4, 0.5) is 4.79 Å². The average molecular weight is 230 g/mol. The molecule has 2 aliphatic rings. The van der Waals surface area contributed by atoms with Crippen LogP contribution in [0.5, 0.6) is 0 Å². The summed E-state index contributed by atoms with van der Waals surface area (Å²) in [7, 11) is 0. The van der Waals surface area contributed by atoms with Crippen molar-refractivity contribution in [3.05, 3.63) is 0 Å². The zero-order valence-electron chi connectivity index (χ0n) is 9.68. The average Bonchev–Trinajstić information content (AvgIpc) is 3.14. The van der Waals surface area contributed by atoms with Gasteiger partial charge in [0.1, 0.15) is 24.4 Å². The van der Waals surface area contributed by atoms with Crippen molar-refractivity contribution in [2.45, 2.75) is 51.1 Å². The Balaban J connectivity index is 1.73. The number of epoxide rings is 2. The molecule has 0 amide bonds. The molecule has 0 radical (unpaired) electrons. The molecule has 5 heteroatoms. The van der Waals surface area contributed by atoms with Crippen LogP contribution >= 0.6 is 0 Å². The third-order valence-corrected chi connectivity index (χ3v) is 2.85. The van der Waals surface area contributed by atoms with Crippen LogP contribution in [-0.2, 0) is 18.9 Å². The fourth-order valence-electron chi connectivity index (χ4n) is 1.66. The van der Waals surface area contributed by atoms with Gasteiger partial charge in [-0.1, -0.05) is 13.8 Å². The molecule has 2 rings (SSSR count). The smallest absolute Gasteiger partial charge is 0.428 e. The summed E-state index contributed by atoms with van der Waals surface area (Å²) in [4.78, 5) is 11.5. The van der Waals surface area contributed by atoms with E-state index in [4.69, 9.17) is 18.9 Å². The number of rotatable bonds is 6. The molecule has 4 unspecified atom stereocenters. The van der Waals surface area contributed by atoms with E-state index in [0.717, 1.165) is 12.8 Å². The van der Waals surface area contributed by atoms with Crippen molar-refractivity contribution in [1.82, 2.24) is 0 Å². The first kappa shape index (κ1) is 11.7. The van der Waals surface area contributed by atoms with Gasteiger partial charge in [-0.05, 0) is 12.8 Å². The third-order valence-electron chi connectivity index (χ3n) is 2.85. The normalized spacial score (nSPS) is 30.4. The SMILES string of the molecule is CCC(OC(=O)OC(CC)C1CO1)C1CO1. The van der Waals surface area contributed by atoms with Gasteiger partial charge in [-0.15, -0.1) is 0 Å². The molecular weight excluding hydrogens is 212 g/mol. The van der Waals surface area contributed by atoms with Gasteiger partial charge in [0.25, 0.3) is 0 Å². The number of hydrogen-bond donors (Lipinski definition) is 0. The van der Waals surface area contributed by atoms with Crippen molar-refractivity contribution in [3.63, 3.8) is 0 Å². The van der Waals surface area contributed by atoms with Crippen LogP contribution in [0.1, 0.15) is 26.7 Å². The monoisotopic (exact) mass is 230 g/mol. The lowest BCUT2D eigenvalue weighted by Crippen LogP contribution is -2.28. The van der Waals surface area contributed by atoms with Crippen LogP contribution in [0, 0.1) is 0 Å². The molecule has 2 fully saturated rings. The highest BCUT2D eigenvalue weighted by atomic mass is 16.7. The van der Waals surface area contributed by atoms with Crippen LogP contribution in [0.25, 0.3) is 0 Å². The van der Waals surface area contributed by atoms with Gasteiger partial charge in [-0.3, -0.25) is 0 Å². The molecule has 0 saturated carbocycles. The zero-order chi connectivity index (χ0) is 11.5. The minimum atomic E-state index is -0.607. The molecule has 92 valence electrons. The molecule has 0 aromatic rings. The van der Waals surface area contributed by atoms with Gasteiger partial charge in [0.15, 0.2) is 0 Å². The van der Waals surface area contributed by atoms with E-state index in [1.54, 1.807) is 0 Å². The second-order valence-electron chi connectivity index (χ2n) is 4.12. The fraction of sp³-hybridized carbons (Fsp3) is 0.909. The highest BCUT2D eigenvalue weighted by molar-refractivity contribution is 5.60. The molecule has 0 aromatic heterocycles. The molecule has 0 spiro atoms. The Kier molecular flexibility index (Phi) is 3.66. The Morgan fingerprint density at radius 1 is 1.12 bits per heavy atom. The van der Waals surface area contributed by atoms with E-state index in [2.05, 4.69) is 0 Å². The maximum absolute atomic E-state index is 11.5. The van der Waals surface area contributed by atoms with Gasteiger partial charge in [-0.2, -0.15) is 0 Å². The standard InChI is InChI=1S/C11H18O5/c1-3-7(9-5-13-9)15-11(12)16-8(4-2)10-6-14-10/h7-10H,3-6H2,1-2H3. The van der Waals surface area contributed by atoms with Crippen molar-refractivity contribution in [1.29, 1.82) is 0 Å². The fourth-order valence-corrected chi connectivity index (χ4v) is 1.66. The van der Waals surface area contributed by atoms with E-state index in [1.165, 1.54) is 0 Å². The first-order valence-corrected chi connectivity index (χ1v) is 5.85. The Bertz CT molecular complexity index is 223. The zero-order valence-corrected chi connectivity index (χ0v) is 9.68. The second kappa shape index (κ2) is 5.01. The van der Waals surface area contributed by atoms with Gasteiger partial charge >= 0.3 is 6.16 Å². The molecule has 2 saturated heterocycles. The summed E-state index contributed by atoms with van der Waals surface area (Å²) < 4.78 is 20.6. The van der Waals surface area contributed by atoms with E-state index in [1.807, 2.05) is 13.8 Å². The van der Waals surface area contributed by atoms with Crippen molar-refractivity contribution in [2.24, 2.45) is 0 Å². The van der Waals surface area contributed by atoms with E-state index >= 15 is 0 Å². The van der Waals surface area contributed by atoms with Crippen molar-refractivity contribution >= 4 is 6.16 Å². The Morgan fingerprint density at radius 3 is 1.75 bits per heavy atom. The summed E-state index contributed by atoms with van der Waals surface area (Å²) in [5.41, 5.74) is 0. The lowest BCUT2D eigenvalue weighted by atomic mass is 10.2. The van der Waals surface area contributed by atoms with Crippen molar-refractivity contribution in [3.8, 4) is 0 Å². The maximum Gasteiger partial charge on any atom is 0.509 e. The Hall–Kier alpha value is -0.810. The van der Waals surface area contributed by atoms with E-state index < -0.39 is 6.16 Å². The quantitative estimate of drug-likeness (QED) is 0.511. The lowest BCUT2D eigenvalue weighted by molar-refractivity contribution is -0.0169.